The van der Waals surface area contributed by atoms with E-state index in [0.717, 1.165) is 5.01 Å². The van der Waals surface area contributed by atoms with Gasteiger partial charge in [-0.1, -0.05) is 11.3 Å². The summed E-state index contributed by atoms with van der Waals surface area (Å²) < 4.78 is 0. The van der Waals surface area contributed by atoms with E-state index in [1.807, 2.05) is 13.8 Å². The van der Waals surface area contributed by atoms with Crippen LogP contribution < -0.4 is 5.32 Å². The largest absolute Gasteiger partial charge is 0.481 e. The minimum absolute atomic E-state index is 0.0113. The number of aryl methyl sites for hydroxylation is 1. The summed E-state index contributed by atoms with van der Waals surface area (Å²) in [5, 5.41) is 20.1. The minimum atomic E-state index is -0.858. The van der Waals surface area contributed by atoms with Gasteiger partial charge in [-0.3, -0.25) is 10.1 Å². The van der Waals surface area contributed by atoms with Crippen LogP contribution in [0.15, 0.2) is 0 Å². The van der Waals surface area contributed by atoms with Crippen LogP contribution in [-0.2, 0) is 4.79 Å². The predicted octanol–water partition coefficient (Wildman–Crippen LogP) is 1.95. The molecular weight excluding hydrogens is 268 g/mol. The Balaban J connectivity index is 2.55. The lowest BCUT2D eigenvalue weighted by atomic mass is 10.2. The fourth-order valence-corrected chi connectivity index (χ4v) is 2.09. The van der Waals surface area contributed by atoms with Crippen molar-refractivity contribution in [1.82, 2.24) is 15.1 Å². The first kappa shape index (κ1) is 15.4. The Kier molecular flexibility index (Phi) is 5.68. The Morgan fingerprint density at radius 1 is 1.42 bits per heavy atom. The van der Waals surface area contributed by atoms with E-state index in [1.165, 1.54) is 11.3 Å². The number of aliphatic carboxylic acids is 1. The molecule has 0 unspecified atom stereocenters. The predicted molar refractivity (Wildman–Crippen MR) is 72.4 cm³/mol. The Bertz CT molecular complexity index is 447. The Morgan fingerprint density at radius 3 is 2.58 bits per heavy atom. The first-order valence-corrected chi connectivity index (χ1v) is 6.81. The van der Waals surface area contributed by atoms with Gasteiger partial charge in [0.2, 0.25) is 5.13 Å². The standard InChI is InChI=1S/C11H18N4O3S/c1-7(2)15(6-4-5-9(16)17)11(18)12-10-14-13-8(3)19-10/h7H,4-6H2,1-3H3,(H,16,17)(H,12,14,18). The first-order chi connectivity index (χ1) is 8.90. The quantitative estimate of drug-likeness (QED) is 0.833. The van der Waals surface area contributed by atoms with Crippen LogP contribution in [0.4, 0.5) is 9.93 Å². The highest BCUT2D eigenvalue weighted by Crippen LogP contribution is 2.15. The second-order valence-corrected chi connectivity index (χ2v) is 5.52. The zero-order chi connectivity index (χ0) is 14.4. The molecule has 0 atom stereocenters. The molecule has 1 heterocycles. The van der Waals surface area contributed by atoms with E-state index in [2.05, 4.69) is 15.5 Å². The van der Waals surface area contributed by atoms with E-state index in [-0.39, 0.29) is 18.5 Å². The van der Waals surface area contributed by atoms with Crippen molar-refractivity contribution in [2.24, 2.45) is 0 Å². The van der Waals surface area contributed by atoms with E-state index < -0.39 is 5.97 Å². The number of carboxylic acid groups (broad SMARTS) is 1. The number of amides is 2. The Labute approximate surface area is 115 Å². The van der Waals surface area contributed by atoms with Gasteiger partial charge in [0.1, 0.15) is 5.01 Å². The highest BCUT2D eigenvalue weighted by molar-refractivity contribution is 7.15. The summed E-state index contributed by atoms with van der Waals surface area (Å²) in [5.74, 6) is -0.858. The molecule has 0 aliphatic carbocycles. The highest BCUT2D eigenvalue weighted by Gasteiger charge is 2.18. The summed E-state index contributed by atoms with van der Waals surface area (Å²) in [6.45, 7) is 5.96. The molecule has 0 saturated heterocycles. The van der Waals surface area contributed by atoms with Gasteiger partial charge in [0.25, 0.3) is 0 Å². The zero-order valence-corrected chi connectivity index (χ0v) is 12.0. The van der Waals surface area contributed by atoms with Gasteiger partial charge < -0.3 is 10.0 Å². The van der Waals surface area contributed by atoms with Crippen LogP contribution in [0.5, 0.6) is 0 Å². The van der Waals surface area contributed by atoms with Gasteiger partial charge in [0.05, 0.1) is 0 Å². The number of nitrogens with zero attached hydrogens (tertiary/aromatic N) is 3. The third kappa shape index (κ3) is 5.21. The number of carbonyl (C=O) groups excluding carboxylic acids is 1. The van der Waals surface area contributed by atoms with Crippen LogP contribution in [0.3, 0.4) is 0 Å². The summed E-state index contributed by atoms with van der Waals surface area (Å²) in [6, 6.07) is -0.292. The zero-order valence-electron chi connectivity index (χ0n) is 11.2. The lowest BCUT2D eigenvalue weighted by Gasteiger charge is -2.26. The fraction of sp³-hybridized carbons (Fsp3) is 0.636. The van der Waals surface area contributed by atoms with Crippen molar-refractivity contribution in [3.63, 3.8) is 0 Å². The molecule has 1 rings (SSSR count). The van der Waals surface area contributed by atoms with Crippen molar-refractivity contribution in [1.29, 1.82) is 0 Å². The van der Waals surface area contributed by atoms with Gasteiger partial charge in [-0.25, -0.2) is 4.79 Å². The lowest BCUT2D eigenvalue weighted by molar-refractivity contribution is -0.137. The van der Waals surface area contributed by atoms with Gasteiger partial charge in [-0.15, -0.1) is 10.2 Å². The minimum Gasteiger partial charge on any atom is -0.481 e. The summed E-state index contributed by atoms with van der Waals surface area (Å²) >= 11 is 1.30. The number of anilines is 1. The fourth-order valence-electron chi connectivity index (χ4n) is 1.51. The molecule has 0 aromatic carbocycles. The number of carboxylic acids is 1. The molecule has 0 aliphatic heterocycles. The van der Waals surface area contributed by atoms with Gasteiger partial charge in [-0.05, 0) is 27.2 Å². The maximum Gasteiger partial charge on any atom is 0.323 e. The summed E-state index contributed by atoms with van der Waals surface area (Å²) in [6.07, 6.45) is 0.477. The number of aromatic nitrogens is 2. The molecule has 2 N–H and O–H groups in total. The Hall–Kier alpha value is -1.70. The van der Waals surface area contributed by atoms with Crippen LogP contribution in [0.1, 0.15) is 31.7 Å². The van der Waals surface area contributed by atoms with E-state index in [0.29, 0.717) is 18.1 Å². The molecular formula is C11H18N4O3S. The SMILES string of the molecule is Cc1nnc(NC(=O)N(CCCC(=O)O)C(C)C)s1. The van der Waals surface area contributed by atoms with Gasteiger partial charge in [0, 0.05) is 19.0 Å². The number of rotatable bonds is 6. The summed E-state index contributed by atoms with van der Waals surface area (Å²) in [4.78, 5) is 24.1. The second kappa shape index (κ2) is 7.03. The third-order valence-corrected chi connectivity index (χ3v) is 3.17. The molecule has 19 heavy (non-hydrogen) atoms. The van der Waals surface area contributed by atoms with Crippen LogP contribution in [0.25, 0.3) is 0 Å². The molecule has 0 saturated carbocycles. The van der Waals surface area contributed by atoms with Crippen LogP contribution in [-0.4, -0.2) is 44.8 Å². The van der Waals surface area contributed by atoms with Crippen molar-refractivity contribution < 1.29 is 14.7 Å². The van der Waals surface area contributed by atoms with E-state index >= 15 is 0 Å². The first-order valence-electron chi connectivity index (χ1n) is 5.99. The third-order valence-electron chi connectivity index (χ3n) is 2.41. The van der Waals surface area contributed by atoms with Crippen molar-refractivity contribution in [3.8, 4) is 0 Å². The normalized spacial score (nSPS) is 10.5. The van der Waals surface area contributed by atoms with Crippen molar-refractivity contribution >= 4 is 28.5 Å². The molecule has 0 radical (unpaired) electrons. The number of hydrogen-bond acceptors (Lipinski definition) is 5. The summed E-state index contributed by atoms with van der Waals surface area (Å²) in [5.41, 5.74) is 0. The topological polar surface area (TPSA) is 95.4 Å². The van der Waals surface area contributed by atoms with Crippen molar-refractivity contribution in [2.75, 3.05) is 11.9 Å². The van der Waals surface area contributed by atoms with Crippen LogP contribution in [0, 0.1) is 6.92 Å². The molecule has 1 aromatic rings. The molecule has 0 fully saturated rings. The molecule has 106 valence electrons. The molecule has 8 heteroatoms. The van der Waals surface area contributed by atoms with Crippen molar-refractivity contribution in [2.45, 2.75) is 39.7 Å². The smallest absolute Gasteiger partial charge is 0.323 e. The van der Waals surface area contributed by atoms with E-state index in [4.69, 9.17) is 5.11 Å². The Morgan fingerprint density at radius 2 is 2.11 bits per heavy atom. The molecule has 1 aromatic heterocycles. The average molecular weight is 286 g/mol. The second-order valence-electron chi connectivity index (χ2n) is 4.34. The maximum atomic E-state index is 12.0. The number of hydrogen-bond donors (Lipinski definition) is 2. The number of nitrogens with one attached hydrogen (secondary N) is 1. The molecule has 2 amide bonds. The molecule has 0 bridgehead atoms. The molecule has 0 aliphatic rings. The van der Waals surface area contributed by atoms with Crippen LogP contribution >= 0.6 is 11.3 Å². The van der Waals surface area contributed by atoms with E-state index in [9.17, 15) is 9.59 Å². The van der Waals surface area contributed by atoms with Gasteiger partial charge in [0.15, 0.2) is 0 Å². The van der Waals surface area contributed by atoms with Crippen molar-refractivity contribution in [3.05, 3.63) is 5.01 Å². The monoisotopic (exact) mass is 286 g/mol. The number of urea groups is 1. The molecule has 0 spiro atoms. The van der Waals surface area contributed by atoms with E-state index in [1.54, 1.807) is 11.8 Å². The molecule has 7 nitrogen and oxygen atoms in total. The van der Waals surface area contributed by atoms with Gasteiger partial charge in [-0.2, -0.15) is 0 Å². The lowest BCUT2D eigenvalue weighted by Crippen LogP contribution is -2.40. The summed E-state index contributed by atoms with van der Waals surface area (Å²) in [7, 11) is 0. The highest BCUT2D eigenvalue weighted by atomic mass is 32.1. The average Bonchev–Trinajstić information content (AvgIpc) is 2.69. The maximum absolute atomic E-state index is 12.0. The van der Waals surface area contributed by atoms with Crippen LogP contribution in [0.2, 0.25) is 0 Å². The number of carbonyl (C=O) groups is 2. The van der Waals surface area contributed by atoms with Gasteiger partial charge >= 0.3 is 12.0 Å².